The number of thioether (sulfide) groups is 1. The Kier molecular flexibility index (Phi) is 4.30. The predicted octanol–water partition coefficient (Wildman–Crippen LogP) is 4.02. The molecule has 1 fully saturated rings. The number of rotatable bonds is 4. The second kappa shape index (κ2) is 5.74. The quantitative estimate of drug-likeness (QED) is 0.797. The van der Waals surface area contributed by atoms with Crippen LogP contribution in [0.15, 0.2) is 29.2 Å². The van der Waals surface area contributed by atoms with Crippen LogP contribution in [0.4, 0.5) is 0 Å². The van der Waals surface area contributed by atoms with Gasteiger partial charge in [0.25, 0.3) is 0 Å². The van der Waals surface area contributed by atoms with E-state index in [2.05, 4.69) is 31.2 Å². The lowest BCUT2D eigenvalue weighted by atomic mass is 9.95. The van der Waals surface area contributed by atoms with E-state index in [4.69, 9.17) is 0 Å². The standard InChI is InChI=1S/C14H20OS/c1-2-16-13-9-7-12(8-10-13)14(15)11-5-3-4-6-11/h7-11,14-15H,2-6H2,1H3. The minimum Gasteiger partial charge on any atom is -0.388 e. The van der Waals surface area contributed by atoms with Gasteiger partial charge in [0.15, 0.2) is 0 Å². The van der Waals surface area contributed by atoms with E-state index in [1.807, 2.05) is 11.8 Å². The highest BCUT2D eigenvalue weighted by Crippen LogP contribution is 2.35. The van der Waals surface area contributed by atoms with Gasteiger partial charge < -0.3 is 5.11 Å². The van der Waals surface area contributed by atoms with Crippen molar-refractivity contribution in [2.24, 2.45) is 5.92 Å². The van der Waals surface area contributed by atoms with Crippen LogP contribution in [-0.4, -0.2) is 10.9 Å². The van der Waals surface area contributed by atoms with Crippen molar-refractivity contribution in [3.8, 4) is 0 Å². The van der Waals surface area contributed by atoms with E-state index in [0.717, 1.165) is 11.3 Å². The van der Waals surface area contributed by atoms with E-state index < -0.39 is 0 Å². The zero-order valence-corrected chi connectivity index (χ0v) is 10.7. The van der Waals surface area contributed by atoms with Crippen molar-refractivity contribution < 1.29 is 5.11 Å². The van der Waals surface area contributed by atoms with Crippen LogP contribution in [-0.2, 0) is 0 Å². The average molecular weight is 236 g/mol. The zero-order chi connectivity index (χ0) is 11.4. The summed E-state index contributed by atoms with van der Waals surface area (Å²) >= 11 is 1.85. The molecule has 1 atom stereocenters. The van der Waals surface area contributed by atoms with Crippen LogP contribution >= 0.6 is 11.8 Å². The lowest BCUT2D eigenvalue weighted by molar-refractivity contribution is 0.111. The first-order chi connectivity index (χ1) is 7.81. The van der Waals surface area contributed by atoms with Crippen LogP contribution in [0.2, 0.25) is 0 Å². The van der Waals surface area contributed by atoms with E-state index in [1.165, 1.54) is 30.6 Å². The van der Waals surface area contributed by atoms with E-state index in [1.54, 1.807) is 0 Å². The monoisotopic (exact) mass is 236 g/mol. The molecule has 0 bridgehead atoms. The average Bonchev–Trinajstić information content (AvgIpc) is 2.83. The zero-order valence-electron chi connectivity index (χ0n) is 9.86. The third-order valence-corrected chi connectivity index (χ3v) is 4.27. The third kappa shape index (κ3) is 2.80. The molecule has 0 spiro atoms. The van der Waals surface area contributed by atoms with Crippen LogP contribution in [0.1, 0.15) is 44.3 Å². The molecule has 16 heavy (non-hydrogen) atoms. The number of hydrogen-bond acceptors (Lipinski definition) is 2. The van der Waals surface area contributed by atoms with Gasteiger partial charge >= 0.3 is 0 Å². The molecule has 1 N–H and O–H groups in total. The number of hydrogen-bond donors (Lipinski definition) is 1. The fraction of sp³-hybridized carbons (Fsp3) is 0.571. The van der Waals surface area contributed by atoms with Crippen molar-refractivity contribution in [3.05, 3.63) is 29.8 Å². The number of aliphatic hydroxyl groups is 1. The molecule has 88 valence electrons. The summed E-state index contributed by atoms with van der Waals surface area (Å²) in [7, 11) is 0. The molecule has 0 aliphatic heterocycles. The van der Waals surface area contributed by atoms with Gasteiger partial charge in [-0.1, -0.05) is 31.9 Å². The van der Waals surface area contributed by atoms with Gasteiger partial charge in [0.1, 0.15) is 0 Å². The number of benzene rings is 1. The van der Waals surface area contributed by atoms with E-state index >= 15 is 0 Å². The minimum atomic E-state index is -0.247. The van der Waals surface area contributed by atoms with E-state index in [9.17, 15) is 5.11 Å². The summed E-state index contributed by atoms with van der Waals surface area (Å²) < 4.78 is 0. The Hall–Kier alpha value is -0.470. The van der Waals surface area contributed by atoms with Crippen LogP contribution in [0, 0.1) is 5.92 Å². The first-order valence-corrected chi connectivity index (χ1v) is 7.20. The van der Waals surface area contributed by atoms with Gasteiger partial charge in [-0.15, -0.1) is 11.8 Å². The first kappa shape index (κ1) is 12.0. The van der Waals surface area contributed by atoms with Gasteiger partial charge in [-0.25, -0.2) is 0 Å². The molecular formula is C14H20OS. The Balaban J connectivity index is 2.02. The van der Waals surface area contributed by atoms with Crippen LogP contribution in [0.25, 0.3) is 0 Å². The Labute approximate surface area is 102 Å². The fourth-order valence-electron chi connectivity index (χ4n) is 2.47. The summed E-state index contributed by atoms with van der Waals surface area (Å²) in [6.45, 7) is 2.16. The molecule has 1 aromatic rings. The molecule has 2 heteroatoms. The van der Waals surface area contributed by atoms with Gasteiger partial charge in [-0.05, 0) is 42.2 Å². The van der Waals surface area contributed by atoms with Crippen molar-refractivity contribution in [3.63, 3.8) is 0 Å². The van der Waals surface area contributed by atoms with E-state index in [-0.39, 0.29) is 6.10 Å². The highest BCUT2D eigenvalue weighted by Gasteiger charge is 2.24. The van der Waals surface area contributed by atoms with Gasteiger partial charge in [0.2, 0.25) is 0 Å². The van der Waals surface area contributed by atoms with Gasteiger partial charge in [-0.2, -0.15) is 0 Å². The summed E-state index contributed by atoms with van der Waals surface area (Å²) in [6, 6.07) is 8.42. The molecule has 0 radical (unpaired) electrons. The van der Waals surface area contributed by atoms with Crippen LogP contribution in [0.3, 0.4) is 0 Å². The minimum absolute atomic E-state index is 0.247. The molecule has 1 unspecified atom stereocenters. The molecular weight excluding hydrogens is 216 g/mol. The smallest absolute Gasteiger partial charge is 0.0818 e. The van der Waals surface area contributed by atoms with Crippen molar-refractivity contribution in [1.82, 2.24) is 0 Å². The number of aliphatic hydroxyl groups excluding tert-OH is 1. The van der Waals surface area contributed by atoms with Crippen molar-refractivity contribution >= 4 is 11.8 Å². The molecule has 1 aliphatic carbocycles. The van der Waals surface area contributed by atoms with Crippen LogP contribution in [0.5, 0.6) is 0 Å². The molecule has 0 heterocycles. The van der Waals surface area contributed by atoms with Crippen molar-refractivity contribution in [2.75, 3.05) is 5.75 Å². The predicted molar refractivity (Wildman–Crippen MR) is 69.8 cm³/mol. The Morgan fingerprint density at radius 1 is 1.25 bits per heavy atom. The fourth-order valence-corrected chi connectivity index (χ4v) is 3.14. The van der Waals surface area contributed by atoms with E-state index in [0.29, 0.717) is 5.92 Å². The maximum atomic E-state index is 10.2. The first-order valence-electron chi connectivity index (χ1n) is 6.22. The van der Waals surface area contributed by atoms with Gasteiger partial charge in [-0.3, -0.25) is 0 Å². The second-order valence-electron chi connectivity index (χ2n) is 4.49. The maximum Gasteiger partial charge on any atom is 0.0818 e. The lowest BCUT2D eigenvalue weighted by Crippen LogP contribution is -2.08. The molecule has 0 saturated heterocycles. The maximum absolute atomic E-state index is 10.2. The van der Waals surface area contributed by atoms with Crippen molar-refractivity contribution in [2.45, 2.75) is 43.6 Å². The molecule has 0 amide bonds. The van der Waals surface area contributed by atoms with Crippen molar-refractivity contribution in [1.29, 1.82) is 0 Å². The van der Waals surface area contributed by atoms with Crippen LogP contribution < -0.4 is 0 Å². The Morgan fingerprint density at radius 3 is 2.44 bits per heavy atom. The largest absolute Gasteiger partial charge is 0.388 e. The molecule has 1 nitrogen and oxygen atoms in total. The summed E-state index contributed by atoms with van der Waals surface area (Å²) in [5.41, 5.74) is 1.09. The van der Waals surface area contributed by atoms with Gasteiger partial charge in [0.05, 0.1) is 6.10 Å². The summed E-state index contributed by atoms with van der Waals surface area (Å²) in [4.78, 5) is 1.30. The molecule has 1 aromatic carbocycles. The SMILES string of the molecule is CCSc1ccc(C(O)C2CCCC2)cc1. The summed E-state index contributed by atoms with van der Waals surface area (Å²) in [5.74, 6) is 1.59. The lowest BCUT2D eigenvalue weighted by Gasteiger charge is -2.18. The molecule has 1 aliphatic rings. The Morgan fingerprint density at radius 2 is 1.88 bits per heavy atom. The molecule has 1 saturated carbocycles. The molecule has 0 aromatic heterocycles. The van der Waals surface area contributed by atoms with Gasteiger partial charge in [0, 0.05) is 4.90 Å². The second-order valence-corrected chi connectivity index (χ2v) is 5.83. The summed E-state index contributed by atoms with van der Waals surface area (Å²) in [6.07, 6.45) is 4.69. The topological polar surface area (TPSA) is 20.2 Å². The normalized spacial score (nSPS) is 18.9. The Bertz CT molecular complexity index is 314. The third-order valence-electron chi connectivity index (χ3n) is 3.38. The summed E-state index contributed by atoms with van der Waals surface area (Å²) in [5, 5.41) is 10.2. The highest BCUT2D eigenvalue weighted by molar-refractivity contribution is 7.99. The molecule has 2 rings (SSSR count). The highest BCUT2D eigenvalue weighted by atomic mass is 32.2.